The normalized spacial score (nSPS) is 14.6. The summed E-state index contributed by atoms with van der Waals surface area (Å²) in [7, 11) is 0. The molecule has 0 aliphatic carbocycles. The van der Waals surface area contributed by atoms with Gasteiger partial charge in [-0.1, -0.05) is 63.6 Å². The Balaban J connectivity index is 2.10. The van der Waals surface area contributed by atoms with Crippen molar-refractivity contribution >= 4 is 11.4 Å². The maximum Gasteiger partial charge on any atom is 0.215 e. The minimum Gasteiger partial charge on any atom is -0.493 e. The van der Waals surface area contributed by atoms with E-state index in [4.69, 9.17) is 0 Å². The van der Waals surface area contributed by atoms with Gasteiger partial charge >= 0.3 is 0 Å². The van der Waals surface area contributed by atoms with Gasteiger partial charge in [0.25, 0.3) is 0 Å². The summed E-state index contributed by atoms with van der Waals surface area (Å²) in [5.41, 5.74) is 20.0. The summed E-state index contributed by atoms with van der Waals surface area (Å²) in [5.74, 6) is 0. The molecule has 1 aliphatic rings. The van der Waals surface area contributed by atoms with Crippen LogP contribution in [0.4, 0.5) is 0 Å². The van der Waals surface area contributed by atoms with Crippen LogP contribution < -0.4 is 0 Å². The van der Waals surface area contributed by atoms with Crippen LogP contribution in [0.15, 0.2) is 71.8 Å². The van der Waals surface area contributed by atoms with E-state index in [0.29, 0.717) is 0 Å². The second-order valence-corrected chi connectivity index (χ2v) is 7.72. The number of allylic oxidation sites excluding steroid dienone is 4. The highest BCUT2D eigenvalue weighted by Crippen LogP contribution is 2.41. The Bertz CT molecular complexity index is 989. The number of benzene rings is 2. The molecule has 29 heavy (non-hydrogen) atoms. The maximum atomic E-state index is 11.3. The zero-order valence-corrected chi connectivity index (χ0v) is 18.2. The molecular formula is C27H32N2. The molecule has 150 valence electrons. The van der Waals surface area contributed by atoms with Crippen molar-refractivity contribution in [2.24, 2.45) is 0 Å². The van der Waals surface area contributed by atoms with Gasteiger partial charge in [-0.15, -0.1) is 0 Å². The molecule has 0 unspecified atom stereocenters. The fourth-order valence-electron chi connectivity index (χ4n) is 3.94. The SMILES string of the molecule is CCC=CC1=C(c2cccc(CCCC)c2)[N+](=[N-])C(c2cccc(CC)c2)=C1C. The molecule has 0 N–H and O–H groups in total. The van der Waals surface area contributed by atoms with Gasteiger partial charge in [0.05, 0.1) is 5.57 Å². The monoisotopic (exact) mass is 384 g/mol. The van der Waals surface area contributed by atoms with Gasteiger partial charge in [0, 0.05) is 16.7 Å². The Morgan fingerprint density at radius 2 is 1.55 bits per heavy atom. The Morgan fingerprint density at radius 3 is 2.21 bits per heavy atom. The fourth-order valence-corrected chi connectivity index (χ4v) is 3.94. The molecule has 0 aromatic heterocycles. The van der Waals surface area contributed by atoms with Gasteiger partial charge in [-0.3, -0.25) is 0 Å². The summed E-state index contributed by atoms with van der Waals surface area (Å²) < 4.78 is 1.40. The molecule has 0 atom stereocenters. The number of nitrogens with zero attached hydrogens (tertiary/aromatic N) is 2. The van der Waals surface area contributed by atoms with Crippen LogP contribution in [0.2, 0.25) is 0 Å². The predicted octanol–water partition coefficient (Wildman–Crippen LogP) is 7.75. The first-order valence-electron chi connectivity index (χ1n) is 10.9. The summed E-state index contributed by atoms with van der Waals surface area (Å²) >= 11 is 0. The van der Waals surface area contributed by atoms with E-state index >= 15 is 0 Å². The summed E-state index contributed by atoms with van der Waals surface area (Å²) in [6.45, 7) is 8.63. The van der Waals surface area contributed by atoms with E-state index in [-0.39, 0.29) is 0 Å². The van der Waals surface area contributed by atoms with Crippen molar-refractivity contribution in [1.29, 1.82) is 0 Å². The van der Waals surface area contributed by atoms with Crippen molar-refractivity contribution in [2.75, 3.05) is 0 Å². The Labute approximate surface area is 175 Å². The second-order valence-electron chi connectivity index (χ2n) is 7.72. The number of hydrogen-bond donors (Lipinski definition) is 0. The molecule has 0 spiro atoms. The molecule has 0 saturated heterocycles. The van der Waals surface area contributed by atoms with Crippen molar-refractivity contribution in [1.82, 2.24) is 0 Å². The van der Waals surface area contributed by atoms with E-state index in [1.165, 1.54) is 28.7 Å². The van der Waals surface area contributed by atoms with E-state index in [1.807, 2.05) is 0 Å². The largest absolute Gasteiger partial charge is 0.493 e. The smallest absolute Gasteiger partial charge is 0.215 e. The molecule has 0 radical (unpaired) electrons. The molecule has 2 nitrogen and oxygen atoms in total. The zero-order chi connectivity index (χ0) is 20.8. The van der Waals surface area contributed by atoms with Crippen LogP contribution in [0.5, 0.6) is 0 Å². The van der Waals surface area contributed by atoms with Crippen molar-refractivity contribution < 1.29 is 4.70 Å². The number of hydrogen-bond acceptors (Lipinski definition) is 0. The van der Waals surface area contributed by atoms with Crippen LogP contribution >= 0.6 is 0 Å². The minimum atomic E-state index is 0.877. The van der Waals surface area contributed by atoms with Gasteiger partial charge in [0.1, 0.15) is 0 Å². The van der Waals surface area contributed by atoms with Crippen molar-refractivity contribution in [3.63, 3.8) is 0 Å². The van der Waals surface area contributed by atoms with Gasteiger partial charge in [-0.25, -0.2) is 4.70 Å². The molecule has 3 rings (SSSR count). The first-order valence-corrected chi connectivity index (χ1v) is 10.9. The highest BCUT2D eigenvalue weighted by molar-refractivity contribution is 5.83. The van der Waals surface area contributed by atoms with Crippen LogP contribution in [-0.2, 0) is 12.8 Å². The fraction of sp³-hybridized carbons (Fsp3) is 0.333. The Morgan fingerprint density at radius 1 is 0.897 bits per heavy atom. The molecular weight excluding hydrogens is 352 g/mol. The molecule has 1 aliphatic heterocycles. The van der Waals surface area contributed by atoms with Crippen LogP contribution in [-0.4, -0.2) is 4.70 Å². The molecule has 2 aromatic carbocycles. The lowest BCUT2D eigenvalue weighted by atomic mass is 9.98. The lowest BCUT2D eigenvalue weighted by Gasteiger charge is -2.11. The van der Waals surface area contributed by atoms with E-state index < -0.39 is 0 Å². The van der Waals surface area contributed by atoms with Gasteiger partial charge < -0.3 is 5.53 Å². The van der Waals surface area contributed by atoms with Gasteiger partial charge in [-0.05, 0) is 68.0 Å². The summed E-state index contributed by atoms with van der Waals surface area (Å²) in [4.78, 5) is 0. The number of aryl methyl sites for hydroxylation is 2. The van der Waals surface area contributed by atoms with E-state index in [9.17, 15) is 5.53 Å². The third kappa shape index (κ3) is 4.48. The standard InChI is InChI=1S/C27H32N2/c1-5-8-12-22-14-11-16-24(19-22)27-25(17-9-6-2)20(4)26(29(27)28)23-15-10-13-21(7-3)18-23/h9-11,13-19H,5-8,12H2,1-4H3. The molecule has 0 amide bonds. The quantitative estimate of drug-likeness (QED) is 0.416. The second kappa shape index (κ2) is 9.65. The van der Waals surface area contributed by atoms with E-state index in [1.54, 1.807) is 0 Å². The van der Waals surface area contributed by atoms with Crippen LogP contribution in [0.3, 0.4) is 0 Å². The average molecular weight is 385 g/mol. The van der Waals surface area contributed by atoms with Crippen molar-refractivity contribution in [3.8, 4) is 0 Å². The summed E-state index contributed by atoms with van der Waals surface area (Å²) in [6, 6.07) is 17.1. The molecule has 0 fully saturated rings. The molecule has 0 bridgehead atoms. The summed E-state index contributed by atoms with van der Waals surface area (Å²) in [6.07, 6.45) is 9.70. The van der Waals surface area contributed by atoms with Crippen molar-refractivity contribution in [3.05, 3.63) is 99.6 Å². The molecule has 0 saturated carbocycles. The average Bonchev–Trinajstić information content (AvgIpc) is 3.00. The summed E-state index contributed by atoms with van der Waals surface area (Å²) in [5, 5.41) is 0. The Kier molecular flexibility index (Phi) is 6.98. The predicted molar refractivity (Wildman–Crippen MR) is 123 cm³/mol. The first kappa shape index (κ1) is 21.0. The molecule has 2 aromatic rings. The van der Waals surface area contributed by atoms with Crippen LogP contribution in [0.1, 0.15) is 69.2 Å². The van der Waals surface area contributed by atoms with Gasteiger partial charge in [0.15, 0.2) is 0 Å². The van der Waals surface area contributed by atoms with E-state index in [2.05, 4.69) is 88.4 Å². The first-order chi connectivity index (χ1) is 14.1. The maximum absolute atomic E-state index is 11.3. The third-order valence-electron chi connectivity index (χ3n) is 5.59. The number of rotatable bonds is 8. The molecule has 1 heterocycles. The lowest BCUT2D eigenvalue weighted by molar-refractivity contribution is -0.345. The van der Waals surface area contributed by atoms with Crippen LogP contribution in [0.25, 0.3) is 16.9 Å². The number of unbranched alkanes of at least 4 members (excludes halogenated alkanes) is 1. The molecule has 2 heteroatoms. The van der Waals surface area contributed by atoms with Crippen LogP contribution in [0, 0.1) is 0 Å². The third-order valence-corrected chi connectivity index (χ3v) is 5.59. The van der Waals surface area contributed by atoms with Gasteiger partial charge in [-0.2, -0.15) is 0 Å². The topological polar surface area (TPSA) is 25.3 Å². The highest BCUT2D eigenvalue weighted by Gasteiger charge is 2.32. The Hall–Kier alpha value is -2.74. The lowest BCUT2D eigenvalue weighted by Crippen LogP contribution is -2.03. The minimum absolute atomic E-state index is 0.877. The zero-order valence-electron chi connectivity index (χ0n) is 18.2. The van der Waals surface area contributed by atoms with Crippen molar-refractivity contribution in [2.45, 2.75) is 59.8 Å². The van der Waals surface area contributed by atoms with E-state index in [0.717, 1.165) is 52.9 Å². The highest BCUT2D eigenvalue weighted by atomic mass is 15.2. The van der Waals surface area contributed by atoms with Gasteiger partial charge in [0.2, 0.25) is 11.4 Å².